The smallest absolute Gasteiger partial charge is 0.0991 e. The lowest BCUT2D eigenvalue weighted by Gasteiger charge is -1.95. The summed E-state index contributed by atoms with van der Waals surface area (Å²) in [6, 6.07) is 8.08. The van der Waals surface area contributed by atoms with Crippen LogP contribution in [0.2, 0.25) is 0 Å². The van der Waals surface area contributed by atoms with Crippen LogP contribution in [-0.2, 0) is 6.42 Å². The minimum absolute atomic E-state index is 0.784. The van der Waals surface area contributed by atoms with Crippen LogP contribution in [0.3, 0.4) is 0 Å². The lowest BCUT2D eigenvalue weighted by molar-refractivity contribution is 1.14. The molecule has 0 aliphatic carbocycles. The number of hydrogen-bond donors (Lipinski definition) is 0. The maximum atomic E-state index is 8.61. The molecule has 0 amide bonds. The molecule has 1 nitrogen and oxygen atoms in total. The summed E-state index contributed by atoms with van der Waals surface area (Å²) in [5, 5.41) is 8.61. The molecule has 0 aromatic heterocycles. The zero-order valence-corrected chi connectivity index (χ0v) is 6.82. The maximum absolute atomic E-state index is 8.61. The van der Waals surface area contributed by atoms with E-state index in [1.54, 1.807) is 0 Å². The highest BCUT2D eigenvalue weighted by Gasteiger charge is 2.10. The summed E-state index contributed by atoms with van der Waals surface area (Å²) in [6.07, 6.45) is 1.12. The van der Waals surface area contributed by atoms with Gasteiger partial charge in [0.2, 0.25) is 0 Å². The first kappa shape index (κ1) is 6.75. The number of nitriles is 1. The van der Waals surface area contributed by atoms with Gasteiger partial charge in [-0.3, -0.25) is 0 Å². The Balaban J connectivity index is 2.51. The summed E-state index contributed by atoms with van der Waals surface area (Å²) in [6.45, 7) is 0. The van der Waals surface area contributed by atoms with Crippen molar-refractivity contribution in [2.75, 3.05) is 5.75 Å². The Morgan fingerprint density at radius 1 is 1.45 bits per heavy atom. The monoisotopic (exact) mass is 161 g/mol. The van der Waals surface area contributed by atoms with Gasteiger partial charge in [0.25, 0.3) is 0 Å². The predicted octanol–water partition coefficient (Wildman–Crippen LogP) is 2.21. The molecular formula is C9H7NS. The van der Waals surface area contributed by atoms with E-state index in [4.69, 9.17) is 5.26 Å². The second-order valence-electron chi connectivity index (χ2n) is 2.53. The van der Waals surface area contributed by atoms with Crippen molar-refractivity contribution in [1.29, 1.82) is 5.26 Å². The van der Waals surface area contributed by atoms with Crippen molar-refractivity contribution in [2.45, 2.75) is 11.3 Å². The van der Waals surface area contributed by atoms with Crippen LogP contribution in [-0.4, -0.2) is 5.75 Å². The highest BCUT2D eigenvalue weighted by atomic mass is 32.2. The van der Waals surface area contributed by atoms with Crippen LogP contribution in [0.5, 0.6) is 0 Å². The molecule has 54 valence electrons. The largest absolute Gasteiger partial charge is 0.192 e. The van der Waals surface area contributed by atoms with Gasteiger partial charge in [-0.2, -0.15) is 5.26 Å². The van der Waals surface area contributed by atoms with Crippen LogP contribution in [0.1, 0.15) is 11.1 Å². The Bertz CT molecular complexity index is 325. The standard InChI is InChI=1S/C9H7NS/c10-6-7-1-2-9-8(5-7)3-4-11-9/h1-2,5H,3-4H2. The fourth-order valence-corrected chi connectivity index (χ4v) is 2.31. The first-order valence-electron chi connectivity index (χ1n) is 3.56. The summed E-state index contributed by atoms with van der Waals surface area (Å²) < 4.78 is 0. The summed E-state index contributed by atoms with van der Waals surface area (Å²) in [4.78, 5) is 1.35. The van der Waals surface area contributed by atoms with E-state index in [1.165, 1.54) is 16.2 Å². The normalized spacial score (nSPS) is 14.1. The van der Waals surface area contributed by atoms with Gasteiger partial charge < -0.3 is 0 Å². The van der Waals surface area contributed by atoms with Crippen LogP contribution in [0.4, 0.5) is 0 Å². The molecule has 0 atom stereocenters. The number of thioether (sulfide) groups is 1. The van der Waals surface area contributed by atoms with Gasteiger partial charge in [0, 0.05) is 10.6 Å². The van der Waals surface area contributed by atoms with Gasteiger partial charge in [0.15, 0.2) is 0 Å². The predicted molar refractivity (Wildman–Crippen MR) is 45.6 cm³/mol. The van der Waals surface area contributed by atoms with Crippen molar-refractivity contribution in [1.82, 2.24) is 0 Å². The molecule has 1 aromatic carbocycles. The van der Waals surface area contributed by atoms with Crippen molar-refractivity contribution in [3.05, 3.63) is 29.3 Å². The molecule has 1 aliphatic heterocycles. The third-order valence-electron chi connectivity index (χ3n) is 1.82. The molecule has 1 aliphatic rings. The van der Waals surface area contributed by atoms with Gasteiger partial charge in [-0.05, 0) is 30.2 Å². The summed E-state index contributed by atoms with van der Waals surface area (Å²) in [5.41, 5.74) is 2.13. The number of nitrogens with zero attached hydrogens (tertiary/aromatic N) is 1. The SMILES string of the molecule is N#Cc1ccc2c(c1)CCS2. The summed E-state index contributed by atoms with van der Waals surface area (Å²) in [7, 11) is 0. The zero-order valence-electron chi connectivity index (χ0n) is 6.00. The Kier molecular flexibility index (Phi) is 1.59. The molecule has 2 rings (SSSR count). The molecule has 0 fully saturated rings. The minimum Gasteiger partial charge on any atom is -0.192 e. The van der Waals surface area contributed by atoms with E-state index >= 15 is 0 Å². The van der Waals surface area contributed by atoms with Gasteiger partial charge in [-0.15, -0.1) is 11.8 Å². The first-order chi connectivity index (χ1) is 5.40. The third-order valence-corrected chi connectivity index (χ3v) is 2.94. The number of hydrogen-bond acceptors (Lipinski definition) is 2. The Labute approximate surface area is 70.0 Å². The van der Waals surface area contributed by atoms with Gasteiger partial charge in [-0.25, -0.2) is 0 Å². The van der Waals surface area contributed by atoms with Crippen molar-refractivity contribution >= 4 is 11.8 Å². The molecule has 0 spiro atoms. The van der Waals surface area contributed by atoms with Gasteiger partial charge in [0.1, 0.15) is 0 Å². The molecule has 1 aromatic rings. The van der Waals surface area contributed by atoms with Crippen LogP contribution in [0, 0.1) is 11.3 Å². The van der Waals surface area contributed by atoms with E-state index in [1.807, 2.05) is 30.0 Å². The van der Waals surface area contributed by atoms with Gasteiger partial charge in [-0.1, -0.05) is 0 Å². The van der Waals surface area contributed by atoms with Crippen molar-refractivity contribution in [3.8, 4) is 6.07 Å². The van der Waals surface area contributed by atoms with E-state index in [0.29, 0.717) is 0 Å². The molecule has 2 heteroatoms. The molecule has 0 saturated carbocycles. The third kappa shape index (κ3) is 1.12. The topological polar surface area (TPSA) is 23.8 Å². The van der Waals surface area contributed by atoms with Crippen LogP contribution in [0.25, 0.3) is 0 Å². The fraction of sp³-hybridized carbons (Fsp3) is 0.222. The minimum atomic E-state index is 0.784. The summed E-state index contributed by atoms with van der Waals surface area (Å²) >= 11 is 1.88. The lowest BCUT2D eigenvalue weighted by Crippen LogP contribution is -1.81. The molecule has 0 bridgehead atoms. The van der Waals surface area contributed by atoms with Gasteiger partial charge >= 0.3 is 0 Å². The molecule has 1 heterocycles. The highest BCUT2D eigenvalue weighted by molar-refractivity contribution is 7.99. The second-order valence-corrected chi connectivity index (χ2v) is 3.67. The number of aryl methyl sites for hydroxylation is 1. The Hall–Kier alpha value is -0.940. The van der Waals surface area contributed by atoms with E-state index in [-0.39, 0.29) is 0 Å². The average molecular weight is 161 g/mol. The summed E-state index contributed by atoms with van der Waals surface area (Å²) in [5.74, 6) is 1.17. The van der Waals surface area contributed by atoms with Crippen LogP contribution >= 0.6 is 11.8 Å². The van der Waals surface area contributed by atoms with Crippen molar-refractivity contribution in [3.63, 3.8) is 0 Å². The molecule has 11 heavy (non-hydrogen) atoms. The molecule has 0 radical (unpaired) electrons. The zero-order chi connectivity index (χ0) is 7.68. The number of rotatable bonds is 0. The number of fused-ring (bicyclic) bond motifs is 1. The second kappa shape index (κ2) is 2.60. The average Bonchev–Trinajstić information content (AvgIpc) is 2.50. The first-order valence-corrected chi connectivity index (χ1v) is 4.54. The molecule has 0 N–H and O–H groups in total. The van der Waals surface area contributed by atoms with Crippen molar-refractivity contribution < 1.29 is 0 Å². The van der Waals surface area contributed by atoms with E-state index < -0.39 is 0 Å². The quantitative estimate of drug-likeness (QED) is 0.582. The van der Waals surface area contributed by atoms with Crippen LogP contribution in [0.15, 0.2) is 23.1 Å². The highest BCUT2D eigenvalue weighted by Crippen LogP contribution is 2.31. The molecular weight excluding hydrogens is 154 g/mol. The van der Waals surface area contributed by atoms with Crippen molar-refractivity contribution in [2.24, 2.45) is 0 Å². The molecule has 0 saturated heterocycles. The number of benzene rings is 1. The van der Waals surface area contributed by atoms with Gasteiger partial charge in [0.05, 0.1) is 11.6 Å². The Morgan fingerprint density at radius 2 is 2.36 bits per heavy atom. The van der Waals surface area contributed by atoms with E-state index in [2.05, 4.69) is 6.07 Å². The van der Waals surface area contributed by atoms with E-state index in [0.717, 1.165) is 12.0 Å². The fourth-order valence-electron chi connectivity index (χ4n) is 1.26. The van der Waals surface area contributed by atoms with Crippen LogP contribution < -0.4 is 0 Å². The lowest BCUT2D eigenvalue weighted by atomic mass is 10.1. The molecule has 0 unspecified atom stereocenters. The maximum Gasteiger partial charge on any atom is 0.0991 e. The Morgan fingerprint density at radius 3 is 3.18 bits per heavy atom. The van der Waals surface area contributed by atoms with E-state index in [9.17, 15) is 0 Å².